The van der Waals surface area contributed by atoms with Gasteiger partial charge in [-0.25, -0.2) is 4.98 Å². The zero-order valence-electron chi connectivity index (χ0n) is 23.9. The van der Waals surface area contributed by atoms with Gasteiger partial charge in [-0.05, 0) is 111 Å². The van der Waals surface area contributed by atoms with E-state index in [1.54, 1.807) is 6.92 Å². The largest absolute Gasteiger partial charge is 0.380 e. The molecule has 5 rings (SSSR count). The number of hydrogen-bond acceptors (Lipinski definition) is 4. The van der Waals surface area contributed by atoms with Gasteiger partial charge in [-0.2, -0.15) is 0 Å². The lowest BCUT2D eigenvalue weighted by atomic mass is 9.80. The third-order valence-corrected chi connectivity index (χ3v) is 8.95. The van der Waals surface area contributed by atoms with E-state index in [0.717, 1.165) is 63.8 Å². The number of H-pyrrole nitrogens is 2. The van der Waals surface area contributed by atoms with Crippen molar-refractivity contribution in [2.75, 3.05) is 0 Å². The van der Waals surface area contributed by atoms with Gasteiger partial charge in [0.1, 0.15) is 11.2 Å². The highest BCUT2D eigenvalue weighted by atomic mass is 16.4. The molecule has 0 aliphatic carbocycles. The second-order valence-corrected chi connectivity index (χ2v) is 10.9. The lowest BCUT2D eigenvalue weighted by Gasteiger charge is -2.34. The van der Waals surface area contributed by atoms with Crippen LogP contribution in [0.4, 0.5) is 0 Å². The van der Waals surface area contributed by atoms with E-state index in [2.05, 4.69) is 63.6 Å². The normalized spacial score (nSPS) is 21.4. The summed E-state index contributed by atoms with van der Waals surface area (Å²) in [7, 11) is 0. The molecule has 2 aliphatic rings. The number of hydrogen-bond donors (Lipinski definition) is 4. The van der Waals surface area contributed by atoms with Crippen LogP contribution in [0.3, 0.4) is 0 Å². The number of aliphatic hydroxyl groups is 2. The second kappa shape index (κ2) is 9.21. The maximum absolute atomic E-state index is 11.8. The minimum Gasteiger partial charge on any atom is -0.380 e. The number of aromatic nitrogens is 4. The van der Waals surface area contributed by atoms with Crippen LogP contribution in [0.15, 0.2) is 24.3 Å². The number of fused-ring (bicyclic) bond motifs is 8. The average Bonchev–Trinajstić information content (AvgIpc) is 3.51. The summed E-state index contributed by atoms with van der Waals surface area (Å²) < 4.78 is 0. The summed E-state index contributed by atoms with van der Waals surface area (Å²) in [6, 6.07) is 8.11. The van der Waals surface area contributed by atoms with Crippen LogP contribution < -0.4 is 0 Å². The van der Waals surface area contributed by atoms with E-state index in [1.807, 2.05) is 19.1 Å². The molecule has 0 amide bonds. The highest BCUT2D eigenvalue weighted by molar-refractivity contribution is 5.93. The number of aryl methyl sites for hydroxylation is 4. The van der Waals surface area contributed by atoms with Gasteiger partial charge in [-0.3, -0.25) is 4.98 Å². The molecule has 0 unspecified atom stereocenters. The van der Waals surface area contributed by atoms with E-state index >= 15 is 0 Å². The van der Waals surface area contributed by atoms with Crippen LogP contribution in [0.5, 0.6) is 0 Å². The molecule has 2 aliphatic heterocycles. The first kappa shape index (κ1) is 26.4. The summed E-state index contributed by atoms with van der Waals surface area (Å²) in [6.45, 7) is 16.4. The van der Waals surface area contributed by atoms with Gasteiger partial charge < -0.3 is 20.2 Å². The molecule has 0 fully saturated rings. The van der Waals surface area contributed by atoms with Crippen molar-refractivity contribution in [2.24, 2.45) is 0 Å². The molecule has 8 bridgehead atoms. The van der Waals surface area contributed by atoms with Crippen molar-refractivity contribution >= 4 is 33.2 Å². The fraction of sp³-hybridized carbons (Fsp3) is 0.438. The van der Waals surface area contributed by atoms with Gasteiger partial charge >= 0.3 is 0 Å². The minimum absolute atomic E-state index is 0.328. The van der Waals surface area contributed by atoms with Gasteiger partial charge in [-0.1, -0.05) is 27.7 Å². The van der Waals surface area contributed by atoms with Crippen LogP contribution in [-0.2, 0) is 24.0 Å². The van der Waals surface area contributed by atoms with Gasteiger partial charge in [0.2, 0.25) is 0 Å². The quantitative estimate of drug-likeness (QED) is 0.305. The third-order valence-electron chi connectivity index (χ3n) is 8.95. The van der Waals surface area contributed by atoms with Crippen LogP contribution >= 0.6 is 0 Å². The Kier molecular flexibility index (Phi) is 6.40. The van der Waals surface area contributed by atoms with Crippen LogP contribution in [0, 0.1) is 13.8 Å². The van der Waals surface area contributed by atoms with Crippen molar-refractivity contribution in [3.8, 4) is 0 Å². The Bertz CT molecular complexity index is 1640. The summed E-state index contributed by atoms with van der Waals surface area (Å²) in [5.41, 5.74) is 10.7. The molecule has 0 radical (unpaired) electrons. The SMILES string of the molecule is CCC1=C(C)c2cc3[nH]c(cc4nc(cc5[nH]c(cc1n2)c(C)c5CC)[C@](C)(O)[C@@]4(O)CC)c(C)c3CC. The van der Waals surface area contributed by atoms with Crippen LogP contribution in [0.25, 0.3) is 33.2 Å². The van der Waals surface area contributed by atoms with Crippen molar-refractivity contribution in [1.29, 1.82) is 0 Å². The zero-order chi connectivity index (χ0) is 27.6. The third kappa shape index (κ3) is 3.69. The lowest BCUT2D eigenvalue weighted by molar-refractivity contribution is -0.148. The topological polar surface area (TPSA) is 97.8 Å². The summed E-state index contributed by atoms with van der Waals surface area (Å²) in [5.74, 6) is 0. The fourth-order valence-corrected chi connectivity index (χ4v) is 6.33. The standard InChI is InChI=1S/C32H40N4O2/c1-9-20-17(5)23-13-27-21(10-2)19(7)25(35-27)15-30-32(38,12-4)31(8,37)29(36-30)16-28-22(11-3)18(6)24(34-28)14-26(20)33-23/h13-16,34-35,37-38H,9-12H2,1-8H3/t31-,32+/m0/s1. The van der Waals surface area contributed by atoms with Gasteiger partial charge in [-0.15, -0.1) is 0 Å². The molecular formula is C32H40N4O2. The van der Waals surface area contributed by atoms with Gasteiger partial charge in [0.15, 0.2) is 0 Å². The molecule has 3 aromatic heterocycles. The maximum Gasteiger partial charge on any atom is 0.140 e. The summed E-state index contributed by atoms with van der Waals surface area (Å²) in [5, 5.41) is 23.5. The molecule has 5 heterocycles. The zero-order valence-corrected chi connectivity index (χ0v) is 23.9. The maximum atomic E-state index is 11.8. The number of nitrogens with one attached hydrogen (secondary N) is 2. The van der Waals surface area contributed by atoms with Crippen molar-refractivity contribution in [1.82, 2.24) is 19.9 Å². The molecule has 0 spiro atoms. The summed E-state index contributed by atoms with van der Waals surface area (Å²) in [6.07, 6.45) is 2.91. The minimum atomic E-state index is -1.55. The molecule has 4 N–H and O–H groups in total. The van der Waals surface area contributed by atoms with E-state index in [1.165, 1.54) is 22.3 Å². The Balaban J connectivity index is 2.02. The molecule has 2 atom stereocenters. The lowest BCUT2D eigenvalue weighted by Crippen LogP contribution is -2.43. The van der Waals surface area contributed by atoms with Crippen molar-refractivity contribution in [3.05, 3.63) is 69.3 Å². The van der Waals surface area contributed by atoms with Gasteiger partial charge in [0.05, 0.1) is 22.8 Å². The van der Waals surface area contributed by atoms with E-state index < -0.39 is 11.2 Å². The Morgan fingerprint density at radius 3 is 1.76 bits per heavy atom. The Hall–Kier alpha value is -3.22. The molecule has 0 saturated carbocycles. The first-order valence-electron chi connectivity index (χ1n) is 13.9. The first-order valence-corrected chi connectivity index (χ1v) is 13.9. The van der Waals surface area contributed by atoms with Crippen molar-refractivity contribution in [3.63, 3.8) is 0 Å². The number of aromatic amines is 2. The first-order chi connectivity index (χ1) is 18.0. The number of nitrogens with zero attached hydrogens (tertiary/aromatic N) is 2. The summed E-state index contributed by atoms with van der Waals surface area (Å²) >= 11 is 0. The predicted octanol–water partition coefficient (Wildman–Crippen LogP) is 6.90. The van der Waals surface area contributed by atoms with E-state index in [0.29, 0.717) is 17.8 Å². The molecular weight excluding hydrogens is 472 g/mol. The van der Waals surface area contributed by atoms with E-state index in [4.69, 9.17) is 9.97 Å². The van der Waals surface area contributed by atoms with Crippen LogP contribution in [-0.4, -0.2) is 30.1 Å². The highest BCUT2D eigenvalue weighted by Gasteiger charge is 2.53. The Labute approximate surface area is 224 Å². The van der Waals surface area contributed by atoms with Gasteiger partial charge in [0.25, 0.3) is 0 Å². The molecule has 6 nitrogen and oxygen atoms in total. The van der Waals surface area contributed by atoms with Crippen LogP contribution in [0.2, 0.25) is 0 Å². The Morgan fingerprint density at radius 2 is 1.21 bits per heavy atom. The Morgan fingerprint density at radius 1 is 0.684 bits per heavy atom. The predicted molar refractivity (Wildman–Crippen MR) is 156 cm³/mol. The molecule has 0 saturated heterocycles. The average molecular weight is 513 g/mol. The van der Waals surface area contributed by atoms with Gasteiger partial charge in [0, 0.05) is 22.1 Å². The van der Waals surface area contributed by atoms with Crippen molar-refractivity contribution in [2.45, 2.75) is 92.3 Å². The highest BCUT2D eigenvalue weighted by Crippen LogP contribution is 2.46. The molecule has 38 heavy (non-hydrogen) atoms. The van der Waals surface area contributed by atoms with Crippen molar-refractivity contribution < 1.29 is 10.2 Å². The van der Waals surface area contributed by atoms with E-state index in [9.17, 15) is 10.2 Å². The van der Waals surface area contributed by atoms with Crippen LogP contribution in [0.1, 0.15) is 99.4 Å². The molecule has 6 heteroatoms. The van der Waals surface area contributed by atoms with E-state index in [-0.39, 0.29) is 0 Å². The fourth-order valence-electron chi connectivity index (χ4n) is 6.33. The molecule has 200 valence electrons. The number of rotatable bonds is 4. The summed E-state index contributed by atoms with van der Waals surface area (Å²) in [4.78, 5) is 17.1. The smallest absolute Gasteiger partial charge is 0.140 e. The molecule has 0 aromatic carbocycles. The monoisotopic (exact) mass is 512 g/mol. The number of allylic oxidation sites excluding steroid dienone is 2. The second-order valence-electron chi connectivity index (χ2n) is 10.9. The molecule has 3 aromatic rings.